The van der Waals surface area contributed by atoms with Crippen molar-refractivity contribution in [2.75, 3.05) is 38.3 Å². The van der Waals surface area contributed by atoms with E-state index in [2.05, 4.69) is 15.2 Å². The fraction of sp³-hybridized carbons (Fsp3) is 0.400. The number of anilines is 1. The quantitative estimate of drug-likeness (QED) is 0.827. The fourth-order valence-electron chi connectivity index (χ4n) is 3.14. The highest BCUT2D eigenvalue weighted by molar-refractivity contribution is 5.77. The minimum atomic E-state index is -0.104. The van der Waals surface area contributed by atoms with Crippen LogP contribution in [0.25, 0.3) is 0 Å². The normalized spacial score (nSPS) is 14.7. The molecule has 2 heterocycles. The second-order valence-electron chi connectivity index (χ2n) is 6.38. The van der Waals surface area contributed by atoms with Crippen LogP contribution in [-0.4, -0.2) is 44.2 Å². The lowest BCUT2D eigenvalue weighted by atomic mass is 9.96. The third kappa shape index (κ3) is 4.88. The topological polar surface area (TPSA) is 63.7 Å². The summed E-state index contributed by atoms with van der Waals surface area (Å²) in [6.45, 7) is 2.69. The molecule has 0 spiro atoms. The molecule has 0 aliphatic carbocycles. The van der Waals surface area contributed by atoms with Crippen molar-refractivity contribution < 1.29 is 14.3 Å². The predicted molar refractivity (Wildman–Crippen MR) is 101 cm³/mol. The van der Waals surface area contributed by atoms with E-state index >= 15 is 0 Å². The number of hydrogen-bond donors (Lipinski definition) is 1. The van der Waals surface area contributed by atoms with Gasteiger partial charge in [0.15, 0.2) is 18.1 Å². The molecule has 0 bridgehead atoms. The first-order valence-electron chi connectivity index (χ1n) is 8.93. The highest BCUT2D eigenvalue weighted by Crippen LogP contribution is 2.25. The standard InChI is InChI=1S/C20H25N3O3/c1-25-18-4-2-3-5-19(18)26-15-20(24)22-14-16-8-12-23(13-9-16)17-6-10-21-11-7-17/h2-7,10-11,16H,8-9,12-15H2,1H3,(H,22,24). The van der Waals surface area contributed by atoms with E-state index in [1.54, 1.807) is 13.2 Å². The second kappa shape index (κ2) is 9.08. The van der Waals surface area contributed by atoms with Crippen LogP contribution in [0.3, 0.4) is 0 Å². The number of amides is 1. The highest BCUT2D eigenvalue weighted by Gasteiger charge is 2.20. The molecule has 0 radical (unpaired) electrons. The van der Waals surface area contributed by atoms with Crippen LogP contribution in [0.5, 0.6) is 11.5 Å². The Labute approximate surface area is 154 Å². The lowest BCUT2D eigenvalue weighted by Crippen LogP contribution is -2.39. The van der Waals surface area contributed by atoms with Gasteiger partial charge < -0.3 is 19.7 Å². The van der Waals surface area contributed by atoms with Gasteiger partial charge in [0, 0.05) is 37.7 Å². The molecule has 26 heavy (non-hydrogen) atoms. The van der Waals surface area contributed by atoms with E-state index in [1.807, 2.05) is 42.7 Å². The summed E-state index contributed by atoms with van der Waals surface area (Å²) in [5.41, 5.74) is 1.22. The summed E-state index contributed by atoms with van der Waals surface area (Å²) < 4.78 is 10.8. The molecule has 138 valence electrons. The molecule has 1 aromatic heterocycles. The molecule has 3 rings (SSSR count). The maximum atomic E-state index is 12.1. The number of hydrogen-bond acceptors (Lipinski definition) is 5. The zero-order chi connectivity index (χ0) is 18.2. The first kappa shape index (κ1) is 18.0. The van der Waals surface area contributed by atoms with Crippen LogP contribution in [0.2, 0.25) is 0 Å². The summed E-state index contributed by atoms with van der Waals surface area (Å²) >= 11 is 0. The summed E-state index contributed by atoms with van der Waals surface area (Å²) in [7, 11) is 1.58. The van der Waals surface area contributed by atoms with Gasteiger partial charge in [-0.25, -0.2) is 0 Å². The Morgan fingerprint density at radius 1 is 1.15 bits per heavy atom. The van der Waals surface area contributed by atoms with E-state index in [0.29, 0.717) is 24.0 Å². The predicted octanol–water partition coefficient (Wildman–Crippen LogP) is 2.50. The van der Waals surface area contributed by atoms with Crippen LogP contribution in [0, 0.1) is 5.92 Å². The van der Waals surface area contributed by atoms with Crippen molar-refractivity contribution in [1.82, 2.24) is 10.3 Å². The number of aromatic nitrogens is 1. The van der Waals surface area contributed by atoms with Crippen molar-refractivity contribution in [2.45, 2.75) is 12.8 Å². The lowest BCUT2D eigenvalue weighted by Gasteiger charge is -2.33. The Bertz CT molecular complexity index is 700. The molecular weight excluding hydrogens is 330 g/mol. The van der Waals surface area contributed by atoms with Gasteiger partial charge >= 0.3 is 0 Å². The minimum absolute atomic E-state index is 0.00374. The summed E-state index contributed by atoms with van der Waals surface area (Å²) in [4.78, 5) is 18.5. The molecule has 1 N–H and O–H groups in total. The first-order valence-corrected chi connectivity index (χ1v) is 8.93. The van der Waals surface area contributed by atoms with E-state index < -0.39 is 0 Å². The van der Waals surface area contributed by atoms with Gasteiger partial charge in [-0.05, 0) is 43.0 Å². The van der Waals surface area contributed by atoms with Gasteiger partial charge in [-0.15, -0.1) is 0 Å². The third-order valence-electron chi connectivity index (χ3n) is 4.66. The van der Waals surface area contributed by atoms with E-state index in [0.717, 1.165) is 25.9 Å². The lowest BCUT2D eigenvalue weighted by molar-refractivity contribution is -0.123. The van der Waals surface area contributed by atoms with Gasteiger partial charge in [-0.1, -0.05) is 12.1 Å². The van der Waals surface area contributed by atoms with Crippen molar-refractivity contribution in [3.8, 4) is 11.5 Å². The van der Waals surface area contributed by atoms with E-state index in [4.69, 9.17) is 9.47 Å². The first-order chi connectivity index (χ1) is 12.8. The summed E-state index contributed by atoms with van der Waals surface area (Å²) in [5, 5.41) is 2.98. The molecule has 1 aliphatic heterocycles. The zero-order valence-corrected chi connectivity index (χ0v) is 15.1. The zero-order valence-electron chi connectivity index (χ0n) is 15.1. The minimum Gasteiger partial charge on any atom is -0.493 e. The molecule has 2 aromatic rings. The number of pyridine rings is 1. The van der Waals surface area contributed by atoms with E-state index in [9.17, 15) is 4.79 Å². The molecule has 1 aromatic carbocycles. The molecule has 0 unspecified atom stereocenters. The molecule has 0 saturated carbocycles. The Kier molecular flexibility index (Phi) is 6.30. The SMILES string of the molecule is COc1ccccc1OCC(=O)NCC1CCN(c2ccncc2)CC1. The van der Waals surface area contributed by atoms with Gasteiger partial charge in [0.1, 0.15) is 0 Å². The number of para-hydroxylation sites is 2. The monoisotopic (exact) mass is 355 g/mol. The molecule has 1 saturated heterocycles. The van der Waals surface area contributed by atoms with Crippen LogP contribution in [-0.2, 0) is 4.79 Å². The fourth-order valence-corrected chi connectivity index (χ4v) is 3.14. The smallest absolute Gasteiger partial charge is 0.257 e. The molecule has 0 atom stereocenters. The van der Waals surface area contributed by atoms with Crippen molar-refractivity contribution in [2.24, 2.45) is 5.92 Å². The third-order valence-corrected chi connectivity index (χ3v) is 4.66. The van der Waals surface area contributed by atoms with E-state index in [1.165, 1.54) is 5.69 Å². The summed E-state index contributed by atoms with van der Waals surface area (Å²) in [6, 6.07) is 11.4. The average Bonchev–Trinajstić information content (AvgIpc) is 2.72. The van der Waals surface area contributed by atoms with E-state index in [-0.39, 0.29) is 12.5 Å². The van der Waals surface area contributed by atoms with Gasteiger partial charge in [0.25, 0.3) is 5.91 Å². The molecule has 6 heteroatoms. The molecule has 6 nitrogen and oxygen atoms in total. The van der Waals surface area contributed by atoms with Crippen molar-refractivity contribution in [3.63, 3.8) is 0 Å². The number of methoxy groups -OCH3 is 1. The highest BCUT2D eigenvalue weighted by atomic mass is 16.5. The Morgan fingerprint density at radius 2 is 1.85 bits per heavy atom. The maximum absolute atomic E-state index is 12.1. The summed E-state index contributed by atoms with van der Waals surface area (Å²) in [5.74, 6) is 1.61. The van der Waals surface area contributed by atoms with Crippen LogP contribution < -0.4 is 19.7 Å². The second-order valence-corrected chi connectivity index (χ2v) is 6.38. The van der Waals surface area contributed by atoms with Gasteiger partial charge in [0.2, 0.25) is 0 Å². The number of piperidine rings is 1. The van der Waals surface area contributed by atoms with Crippen molar-refractivity contribution >= 4 is 11.6 Å². The number of carbonyl (C=O) groups excluding carboxylic acids is 1. The molecular formula is C20H25N3O3. The number of rotatable bonds is 7. The van der Waals surface area contributed by atoms with Crippen molar-refractivity contribution in [1.29, 1.82) is 0 Å². The van der Waals surface area contributed by atoms with Crippen LogP contribution in [0.4, 0.5) is 5.69 Å². The van der Waals surface area contributed by atoms with Crippen molar-refractivity contribution in [3.05, 3.63) is 48.8 Å². The van der Waals surface area contributed by atoms with Gasteiger partial charge in [-0.3, -0.25) is 9.78 Å². The molecule has 1 aliphatic rings. The number of nitrogens with one attached hydrogen (secondary N) is 1. The Hall–Kier alpha value is -2.76. The maximum Gasteiger partial charge on any atom is 0.257 e. The molecule has 1 amide bonds. The van der Waals surface area contributed by atoms with Crippen LogP contribution in [0.1, 0.15) is 12.8 Å². The number of carbonyl (C=O) groups is 1. The molecule has 1 fully saturated rings. The number of nitrogens with zero attached hydrogens (tertiary/aromatic N) is 2. The summed E-state index contributed by atoms with van der Waals surface area (Å²) in [6.07, 6.45) is 5.78. The Balaban J connectivity index is 1.38. The Morgan fingerprint density at radius 3 is 2.54 bits per heavy atom. The number of ether oxygens (including phenoxy) is 2. The largest absolute Gasteiger partial charge is 0.493 e. The van der Waals surface area contributed by atoms with Crippen LogP contribution in [0.15, 0.2) is 48.8 Å². The number of benzene rings is 1. The van der Waals surface area contributed by atoms with Gasteiger partial charge in [-0.2, -0.15) is 0 Å². The van der Waals surface area contributed by atoms with Crippen LogP contribution >= 0.6 is 0 Å². The van der Waals surface area contributed by atoms with Gasteiger partial charge in [0.05, 0.1) is 7.11 Å². The average molecular weight is 355 g/mol.